The lowest BCUT2D eigenvalue weighted by Crippen LogP contribution is -2.19. The quantitative estimate of drug-likeness (QED) is 0.783. The van der Waals surface area contributed by atoms with Crippen molar-refractivity contribution in [3.8, 4) is 0 Å². The monoisotopic (exact) mass is 217 g/mol. The van der Waals surface area contributed by atoms with Gasteiger partial charge in [0.2, 0.25) is 5.82 Å². The summed E-state index contributed by atoms with van der Waals surface area (Å²) in [5.41, 5.74) is 0.922. The minimum Gasteiger partial charge on any atom is -0.347 e. The van der Waals surface area contributed by atoms with Crippen LogP contribution >= 0.6 is 0 Å². The van der Waals surface area contributed by atoms with Crippen molar-refractivity contribution in [1.82, 2.24) is 9.55 Å². The lowest BCUT2D eigenvalue weighted by atomic mass is 10.2. The molecule has 0 aromatic carbocycles. The number of aromatic nitrogens is 2. The first-order chi connectivity index (χ1) is 7.02. The minimum atomic E-state index is -4.39. The van der Waals surface area contributed by atoms with Crippen LogP contribution in [0.1, 0.15) is 19.2 Å². The Morgan fingerprint density at radius 3 is 2.87 bits per heavy atom. The maximum absolute atomic E-state index is 12.5. The third-order valence-corrected chi connectivity index (χ3v) is 2.35. The van der Waals surface area contributed by atoms with Gasteiger partial charge in [0, 0.05) is 12.7 Å². The fourth-order valence-corrected chi connectivity index (χ4v) is 1.52. The number of anilines is 1. The van der Waals surface area contributed by atoms with Gasteiger partial charge in [-0.1, -0.05) is 6.92 Å². The Bertz CT molecular complexity index is 403. The summed E-state index contributed by atoms with van der Waals surface area (Å²) in [5.74, 6) is -0.455. The zero-order valence-electron chi connectivity index (χ0n) is 8.10. The van der Waals surface area contributed by atoms with Crippen molar-refractivity contribution in [3.63, 3.8) is 0 Å². The van der Waals surface area contributed by atoms with Gasteiger partial charge in [-0.25, -0.2) is 4.98 Å². The highest BCUT2D eigenvalue weighted by atomic mass is 19.4. The second-order valence-corrected chi connectivity index (χ2v) is 3.35. The molecule has 1 aliphatic heterocycles. The number of rotatable bonds is 1. The van der Waals surface area contributed by atoms with E-state index >= 15 is 0 Å². The summed E-state index contributed by atoms with van der Waals surface area (Å²) in [7, 11) is 0. The van der Waals surface area contributed by atoms with Crippen LogP contribution in [-0.4, -0.2) is 9.55 Å². The molecule has 0 saturated heterocycles. The van der Waals surface area contributed by atoms with E-state index in [1.807, 2.05) is 6.92 Å². The number of hydrogen-bond donors (Lipinski definition) is 1. The summed E-state index contributed by atoms with van der Waals surface area (Å²) in [6, 6.07) is 0. The summed E-state index contributed by atoms with van der Waals surface area (Å²) in [4.78, 5) is 3.38. The highest BCUT2D eigenvalue weighted by Gasteiger charge is 2.37. The molecule has 2 rings (SSSR count). The molecule has 2 heterocycles. The number of fused-ring (bicyclic) bond motifs is 1. The molecule has 1 aromatic rings. The first-order valence-electron chi connectivity index (χ1n) is 4.59. The Kier molecular flexibility index (Phi) is 2.21. The van der Waals surface area contributed by atoms with Gasteiger partial charge in [0.1, 0.15) is 5.82 Å². The highest BCUT2D eigenvalue weighted by Crippen LogP contribution is 2.32. The fourth-order valence-electron chi connectivity index (χ4n) is 1.52. The van der Waals surface area contributed by atoms with Gasteiger partial charge < -0.3 is 9.88 Å². The molecule has 3 nitrogen and oxygen atoms in total. The van der Waals surface area contributed by atoms with Crippen LogP contribution in [0.15, 0.2) is 18.0 Å². The third kappa shape index (κ3) is 1.71. The van der Waals surface area contributed by atoms with Crippen LogP contribution in [0.2, 0.25) is 0 Å². The Balaban J connectivity index is 2.38. The molecule has 0 atom stereocenters. The van der Waals surface area contributed by atoms with Gasteiger partial charge in [0.05, 0.1) is 6.20 Å². The van der Waals surface area contributed by atoms with E-state index in [-0.39, 0.29) is 6.54 Å². The summed E-state index contributed by atoms with van der Waals surface area (Å²) >= 11 is 0. The number of allylic oxidation sites excluding steroid dienone is 1. The third-order valence-electron chi connectivity index (χ3n) is 2.35. The fraction of sp³-hybridized carbons (Fsp3) is 0.444. The van der Waals surface area contributed by atoms with Crippen molar-refractivity contribution in [2.24, 2.45) is 0 Å². The predicted molar refractivity (Wildman–Crippen MR) is 49.2 cm³/mol. The van der Waals surface area contributed by atoms with Gasteiger partial charge in [0.25, 0.3) is 0 Å². The highest BCUT2D eigenvalue weighted by molar-refractivity contribution is 5.43. The van der Waals surface area contributed by atoms with Crippen LogP contribution in [0.5, 0.6) is 0 Å². The maximum Gasteiger partial charge on any atom is 0.449 e. The smallest absolute Gasteiger partial charge is 0.347 e. The minimum absolute atomic E-state index is 0.258. The van der Waals surface area contributed by atoms with Crippen LogP contribution in [0, 0.1) is 0 Å². The molecule has 0 spiro atoms. The van der Waals surface area contributed by atoms with Crippen LogP contribution in [0.25, 0.3) is 0 Å². The topological polar surface area (TPSA) is 29.9 Å². The molecule has 0 amide bonds. The molecule has 0 bridgehead atoms. The number of nitrogens with one attached hydrogen (secondary N) is 1. The first kappa shape index (κ1) is 10.1. The summed E-state index contributed by atoms with van der Waals surface area (Å²) in [6.45, 7) is 2.16. The molecule has 0 fully saturated rings. The van der Waals surface area contributed by atoms with E-state index in [1.165, 1.54) is 6.20 Å². The summed E-state index contributed by atoms with van der Waals surface area (Å²) in [5, 5.41) is 2.79. The zero-order valence-corrected chi connectivity index (χ0v) is 8.10. The molecule has 15 heavy (non-hydrogen) atoms. The molecule has 0 unspecified atom stereocenters. The number of nitrogens with zero attached hydrogens (tertiary/aromatic N) is 2. The SMILES string of the molecule is CCC1=CNc2cnc(C(F)(F)F)n2C1. The van der Waals surface area contributed by atoms with Crippen LogP contribution in [-0.2, 0) is 12.7 Å². The van der Waals surface area contributed by atoms with Gasteiger partial charge in [-0.05, 0) is 12.0 Å². The normalized spacial score (nSPS) is 15.6. The standard InChI is InChI=1S/C9H10F3N3/c1-2-6-3-13-7-4-14-8(9(10,11)12)15(7)5-6/h3-4,13H,2,5H2,1H3. The summed E-state index contributed by atoms with van der Waals surface area (Å²) in [6.07, 6.45) is -0.735. The van der Waals surface area contributed by atoms with Crippen molar-refractivity contribution in [2.45, 2.75) is 26.1 Å². The Labute approximate surface area is 84.6 Å². The molecular formula is C9H10F3N3. The molecule has 1 aromatic heterocycles. The molecule has 1 N–H and O–H groups in total. The lowest BCUT2D eigenvalue weighted by molar-refractivity contribution is -0.147. The average Bonchev–Trinajstić information content (AvgIpc) is 2.59. The molecule has 0 aliphatic carbocycles. The van der Waals surface area contributed by atoms with Crippen LogP contribution < -0.4 is 5.32 Å². The number of hydrogen-bond acceptors (Lipinski definition) is 2. The molecular weight excluding hydrogens is 207 g/mol. The van der Waals surface area contributed by atoms with Crippen molar-refractivity contribution >= 4 is 5.82 Å². The first-order valence-corrected chi connectivity index (χ1v) is 4.59. The molecule has 82 valence electrons. The molecule has 6 heteroatoms. The van der Waals surface area contributed by atoms with E-state index < -0.39 is 12.0 Å². The van der Waals surface area contributed by atoms with Gasteiger partial charge >= 0.3 is 6.18 Å². The number of imidazole rings is 1. The van der Waals surface area contributed by atoms with E-state index in [1.54, 1.807) is 6.20 Å². The zero-order chi connectivity index (χ0) is 11.1. The van der Waals surface area contributed by atoms with Crippen molar-refractivity contribution in [1.29, 1.82) is 0 Å². The van der Waals surface area contributed by atoms with E-state index in [0.29, 0.717) is 5.82 Å². The Morgan fingerprint density at radius 2 is 2.27 bits per heavy atom. The van der Waals surface area contributed by atoms with E-state index in [4.69, 9.17) is 0 Å². The van der Waals surface area contributed by atoms with Crippen molar-refractivity contribution < 1.29 is 13.2 Å². The Hall–Kier alpha value is -1.46. The molecule has 0 saturated carbocycles. The van der Waals surface area contributed by atoms with Crippen LogP contribution in [0.3, 0.4) is 0 Å². The van der Waals surface area contributed by atoms with Crippen LogP contribution in [0.4, 0.5) is 19.0 Å². The van der Waals surface area contributed by atoms with Gasteiger partial charge in [0.15, 0.2) is 0 Å². The second kappa shape index (κ2) is 3.29. The molecule has 1 aliphatic rings. The van der Waals surface area contributed by atoms with E-state index in [9.17, 15) is 13.2 Å². The van der Waals surface area contributed by atoms with E-state index in [2.05, 4.69) is 10.3 Å². The van der Waals surface area contributed by atoms with Gasteiger partial charge in [-0.2, -0.15) is 13.2 Å². The van der Waals surface area contributed by atoms with Crippen molar-refractivity contribution in [2.75, 3.05) is 5.32 Å². The number of halogens is 3. The maximum atomic E-state index is 12.5. The second-order valence-electron chi connectivity index (χ2n) is 3.35. The largest absolute Gasteiger partial charge is 0.449 e. The van der Waals surface area contributed by atoms with E-state index in [0.717, 1.165) is 16.6 Å². The van der Waals surface area contributed by atoms with Gasteiger partial charge in [-0.3, -0.25) is 0 Å². The molecule has 0 radical (unpaired) electrons. The average molecular weight is 217 g/mol. The Morgan fingerprint density at radius 1 is 1.53 bits per heavy atom. The number of alkyl halides is 3. The lowest BCUT2D eigenvalue weighted by Gasteiger charge is -2.19. The van der Waals surface area contributed by atoms with Crippen molar-refractivity contribution in [3.05, 3.63) is 23.8 Å². The van der Waals surface area contributed by atoms with Gasteiger partial charge in [-0.15, -0.1) is 0 Å². The predicted octanol–water partition coefficient (Wildman–Crippen LogP) is 2.62. The summed E-state index contributed by atoms with van der Waals surface area (Å²) < 4.78 is 38.7.